The summed E-state index contributed by atoms with van der Waals surface area (Å²) in [6.45, 7) is 9.01. The minimum absolute atomic E-state index is 0.475. The first kappa shape index (κ1) is 15.5. The van der Waals surface area contributed by atoms with Gasteiger partial charge in [0.15, 0.2) is 0 Å². The monoisotopic (exact) mass is 301 g/mol. The highest BCUT2D eigenvalue weighted by Gasteiger charge is 2.25. The Labute approximate surface area is 132 Å². The summed E-state index contributed by atoms with van der Waals surface area (Å²) in [6, 6.07) is 6.38. The largest absolute Gasteiger partial charge is 0.390 e. The van der Waals surface area contributed by atoms with Gasteiger partial charge >= 0.3 is 0 Å². The van der Waals surface area contributed by atoms with Crippen molar-refractivity contribution in [3.05, 3.63) is 29.6 Å². The van der Waals surface area contributed by atoms with Crippen molar-refractivity contribution >= 4 is 11.0 Å². The summed E-state index contributed by atoms with van der Waals surface area (Å²) in [5.41, 5.74) is 2.89. The molecule has 1 saturated heterocycles. The molecular formula is C18H27N3O. The van der Waals surface area contributed by atoms with Crippen LogP contribution >= 0.6 is 0 Å². The zero-order chi connectivity index (χ0) is 15.7. The summed E-state index contributed by atoms with van der Waals surface area (Å²) >= 11 is 0. The van der Waals surface area contributed by atoms with E-state index >= 15 is 0 Å². The normalized spacial score (nSPS) is 20.6. The van der Waals surface area contributed by atoms with E-state index < -0.39 is 5.60 Å². The number of likely N-dealkylation sites (tertiary alicyclic amines) is 1. The van der Waals surface area contributed by atoms with Crippen molar-refractivity contribution in [2.75, 3.05) is 19.6 Å². The third-order valence-electron chi connectivity index (χ3n) is 4.59. The highest BCUT2D eigenvalue weighted by molar-refractivity contribution is 5.75. The molecule has 0 saturated carbocycles. The maximum atomic E-state index is 9.91. The van der Waals surface area contributed by atoms with Gasteiger partial charge in [-0.3, -0.25) is 0 Å². The van der Waals surface area contributed by atoms with E-state index in [0.29, 0.717) is 5.92 Å². The Morgan fingerprint density at radius 1 is 1.41 bits per heavy atom. The molecule has 1 aliphatic heterocycles. The molecule has 2 N–H and O–H groups in total. The van der Waals surface area contributed by atoms with Crippen LogP contribution in [-0.2, 0) is 0 Å². The zero-order valence-electron chi connectivity index (χ0n) is 13.9. The predicted octanol–water partition coefficient (Wildman–Crippen LogP) is 3.21. The second-order valence-electron chi connectivity index (χ2n) is 7.34. The lowest BCUT2D eigenvalue weighted by molar-refractivity contribution is 0.0533. The van der Waals surface area contributed by atoms with Gasteiger partial charge in [0.1, 0.15) is 5.82 Å². The van der Waals surface area contributed by atoms with Crippen LogP contribution in [0.25, 0.3) is 11.0 Å². The molecule has 0 bridgehead atoms. The minimum Gasteiger partial charge on any atom is -0.390 e. The van der Waals surface area contributed by atoms with Gasteiger partial charge < -0.3 is 15.0 Å². The number of piperidine rings is 1. The molecule has 1 aromatic carbocycles. The first-order chi connectivity index (χ1) is 10.4. The summed E-state index contributed by atoms with van der Waals surface area (Å²) in [7, 11) is 0. The van der Waals surface area contributed by atoms with Crippen LogP contribution in [0, 0.1) is 6.92 Å². The van der Waals surface area contributed by atoms with Crippen molar-refractivity contribution in [1.29, 1.82) is 0 Å². The Morgan fingerprint density at radius 2 is 2.23 bits per heavy atom. The molecule has 2 heterocycles. The molecule has 0 amide bonds. The van der Waals surface area contributed by atoms with Crippen molar-refractivity contribution in [3.63, 3.8) is 0 Å². The van der Waals surface area contributed by atoms with Crippen LogP contribution < -0.4 is 0 Å². The lowest BCUT2D eigenvalue weighted by Gasteiger charge is -2.33. The molecule has 0 radical (unpaired) electrons. The second kappa shape index (κ2) is 6.01. The van der Waals surface area contributed by atoms with E-state index in [1.165, 1.54) is 18.4 Å². The molecule has 0 spiro atoms. The van der Waals surface area contributed by atoms with E-state index in [2.05, 4.69) is 35.0 Å². The number of aromatic amines is 1. The number of H-pyrrole nitrogens is 1. The van der Waals surface area contributed by atoms with E-state index in [1.807, 2.05) is 13.8 Å². The molecule has 2 aromatic rings. The second-order valence-corrected chi connectivity index (χ2v) is 7.34. The van der Waals surface area contributed by atoms with Crippen LogP contribution in [0.5, 0.6) is 0 Å². The number of rotatable bonds is 4. The average molecular weight is 301 g/mol. The number of aromatic nitrogens is 2. The SMILES string of the molecule is Cc1ccc2nc([C@H]3CCCN(CCC(C)(C)O)C3)[nH]c2c1. The van der Waals surface area contributed by atoms with E-state index in [4.69, 9.17) is 4.98 Å². The number of nitrogens with one attached hydrogen (secondary N) is 1. The number of benzene rings is 1. The van der Waals surface area contributed by atoms with E-state index in [9.17, 15) is 5.11 Å². The first-order valence-electron chi connectivity index (χ1n) is 8.32. The maximum Gasteiger partial charge on any atom is 0.111 e. The Kier molecular flexibility index (Phi) is 4.24. The third kappa shape index (κ3) is 3.68. The molecule has 0 aliphatic carbocycles. The molecule has 3 rings (SSSR count). The van der Waals surface area contributed by atoms with Crippen molar-refractivity contribution < 1.29 is 5.11 Å². The Balaban J connectivity index is 1.70. The van der Waals surface area contributed by atoms with Gasteiger partial charge in [-0.15, -0.1) is 0 Å². The van der Waals surface area contributed by atoms with E-state index in [0.717, 1.165) is 42.9 Å². The number of aliphatic hydroxyl groups is 1. The Morgan fingerprint density at radius 3 is 3.00 bits per heavy atom. The Bertz CT molecular complexity index is 641. The summed E-state index contributed by atoms with van der Waals surface area (Å²) in [5, 5.41) is 9.91. The number of fused-ring (bicyclic) bond motifs is 1. The van der Waals surface area contributed by atoms with Crippen LogP contribution in [0.4, 0.5) is 0 Å². The van der Waals surface area contributed by atoms with Crippen LogP contribution in [0.1, 0.15) is 50.4 Å². The smallest absolute Gasteiger partial charge is 0.111 e. The fraction of sp³-hybridized carbons (Fsp3) is 0.611. The van der Waals surface area contributed by atoms with Gasteiger partial charge in [0, 0.05) is 19.0 Å². The summed E-state index contributed by atoms with van der Waals surface area (Å²) in [5.74, 6) is 1.59. The van der Waals surface area contributed by atoms with Crippen LogP contribution in [0.2, 0.25) is 0 Å². The van der Waals surface area contributed by atoms with E-state index in [1.54, 1.807) is 0 Å². The molecule has 1 atom stereocenters. The quantitative estimate of drug-likeness (QED) is 0.911. The molecule has 1 aromatic heterocycles. The molecule has 120 valence electrons. The molecule has 1 aliphatic rings. The van der Waals surface area contributed by atoms with Crippen molar-refractivity contribution in [2.45, 2.75) is 51.6 Å². The molecule has 4 nitrogen and oxygen atoms in total. The van der Waals surface area contributed by atoms with Gasteiger partial charge in [-0.25, -0.2) is 4.98 Å². The predicted molar refractivity (Wildman–Crippen MR) is 90.2 cm³/mol. The van der Waals surface area contributed by atoms with Gasteiger partial charge in [0.05, 0.1) is 16.6 Å². The number of hydrogen-bond acceptors (Lipinski definition) is 3. The summed E-state index contributed by atoms with van der Waals surface area (Å²) in [4.78, 5) is 10.8. The van der Waals surface area contributed by atoms with Gasteiger partial charge in [-0.05, 0) is 64.3 Å². The van der Waals surface area contributed by atoms with Gasteiger partial charge in [0.2, 0.25) is 0 Å². The number of imidazole rings is 1. The topological polar surface area (TPSA) is 52.1 Å². The first-order valence-corrected chi connectivity index (χ1v) is 8.32. The third-order valence-corrected chi connectivity index (χ3v) is 4.59. The Hall–Kier alpha value is -1.39. The van der Waals surface area contributed by atoms with Crippen molar-refractivity contribution in [3.8, 4) is 0 Å². The lowest BCUT2D eigenvalue weighted by atomic mass is 9.96. The molecule has 4 heteroatoms. The zero-order valence-corrected chi connectivity index (χ0v) is 13.9. The van der Waals surface area contributed by atoms with E-state index in [-0.39, 0.29) is 0 Å². The maximum absolute atomic E-state index is 9.91. The molecule has 1 fully saturated rings. The standard InChI is InChI=1S/C18H27N3O/c1-13-6-7-15-16(11-13)20-17(19-15)14-5-4-9-21(12-14)10-8-18(2,3)22/h6-7,11,14,22H,4-5,8-10,12H2,1-3H3,(H,19,20)/t14-/m0/s1. The van der Waals surface area contributed by atoms with Gasteiger partial charge in [-0.1, -0.05) is 6.07 Å². The number of hydrogen-bond donors (Lipinski definition) is 2. The average Bonchev–Trinajstić information content (AvgIpc) is 2.88. The summed E-state index contributed by atoms with van der Waals surface area (Å²) in [6.07, 6.45) is 3.21. The molecular weight excluding hydrogens is 274 g/mol. The number of nitrogens with zero attached hydrogens (tertiary/aromatic N) is 2. The number of aryl methyl sites for hydroxylation is 1. The van der Waals surface area contributed by atoms with Crippen molar-refractivity contribution in [2.24, 2.45) is 0 Å². The molecule has 22 heavy (non-hydrogen) atoms. The highest BCUT2D eigenvalue weighted by atomic mass is 16.3. The van der Waals surface area contributed by atoms with Gasteiger partial charge in [-0.2, -0.15) is 0 Å². The van der Waals surface area contributed by atoms with Crippen LogP contribution in [0.15, 0.2) is 18.2 Å². The van der Waals surface area contributed by atoms with Crippen molar-refractivity contribution in [1.82, 2.24) is 14.9 Å². The highest BCUT2D eigenvalue weighted by Crippen LogP contribution is 2.27. The fourth-order valence-corrected chi connectivity index (χ4v) is 3.25. The van der Waals surface area contributed by atoms with Gasteiger partial charge in [0.25, 0.3) is 0 Å². The minimum atomic E-state index is -0.580. The lowest BCUT2D eigenvalue weighted by Crippen LogP contribution is -2.38. The summed E-state index contributed by atoms with van der Waals surface area (Å²) < 4.78 is 0. The fourth-order valence-electron chi connectivity index (χ4n) is 3.25. The van der Waals surface area contributed by atoms with Crippen LogP contribution in [0.3, 0.4) is 0 Å². The van der Waals surface area contributed by atoms with Crippen LogP contribution in [-0.4, -0.2) is 45.2 Å². The molecule has 0 unspecified atom stereocenters.